The molecule has 2 bridgehead atoms. The van der Waals surface area contributed by atoms with Gasteiger partial charge in [-0.15, -0.1) is 6.42 Å². The minimum Gasteiger partial charge on any atom is -0.461 e. The zero-order valence-electron chi connectivity index (χ0n) is 24.2. The Balaban J connectivity index is 1.28. The number of nitrogens with one attached hydrogen (secondary N) is 1. The predicted molar refractivity (Wildman–Crippen MR) is 164 cm³/mol. The van der Waals surface area contributed by atoms with E-state index in [0.717, 1.165) is 56.1 Å². The second-order valence-corrected chi connectivity index (χ2v) is 12.7. The summed E-state index contributed by atoms with van der Waals surface area (Å²) in [6.45, 7) is 4.99. The molecule has 0 saturated carbocycles. The molecule has 2 unspecified atom stereocenters. The third-order valence-electron chi connectivity index (χ3n) is 9.99. The van der Waals surface area contributed by atoms with E-state index in [0.29, 0.717) is 53.1 Å². The number of terminal acetylenes is 1. The van der Waals surface area contributed by atoms with Crippen LogP contribution in [0.2, 0.25) is 0 Å². The van der Waals surface area contributed by atoms with Crippen molar-refractivity contribution in [3.63, 3.8) is 0 Å². The van der Waals surface area contributed by atoms with Crippen molar-refractivity contribution in [2.24, 2.45) is 0 Å². The van der Waals surface area contributed by atoms with Crippen molar-refractivity contribution in [1.82, 2.24) is 25.2 Å². The first-order valence-corrected chi connectivity index (χ1v) is 15.3. The summed E-state index contributed by atoms with van der Waals surface area (Å²) in [6, 6.07) is 12.3. The molecule has 0 aliphatic carbocycles. The number of rotatable bonds is 5. The van der Waals surface area contributed by atoms with Gasteiger partial charge in [-0.05, 0) is 50.6 Å². The molecule has 0 amide bonds. The molecule has 4 fully saturated rings. The van der Waals surface area contributed by atoms with Crippen molar-refractivity contribution in [3.05, 3.63) is 53.5 Å². The number of hydrogen-bond acceptors (Lipinski definition) is 7. The maximum absolute atomic E-state index is 16.8. The molecule has 6 heterocycles. The molecule has 4 aliphatic rings. The molecule has 2 aromatic heterocycles. The molecule has 43 heavy (non-hydrogen) atoms. The number of hydrogen-bond donors (Lipinski definition) is 1. The maximum atomic E-state index is 16.8. The second kappa shape index (κ2) is 10.1. The second-order valence-electron chi connectivity index (χ2n) is 12.7. The number of aromatic nitrogens is 3. The van der Waals surface area contributed by atoms with Crippen molar-refractivity contribution >= 4 is 27.5 Å². The number of aryl methyl sites for hydroxylation is 1. The molecule has 2 aromatic carbocycles. The summed E-state index contributed by atoms with van der Waals surface area (Å²) in [7, 11) is 0. The van der Waals surface area contributed by atoms with Gasteiger partial charge < -0.3 is 15.0 Å². The van der Waals surface area contributed by atoms with Crippen LogP contribution in [0.1, 0.15) is 43.4 Å². The van der Waals surface area contributed by atoms with E-state index >= 15 is 4.39 Å². The van der Waals surface area contributed by atoms with Gasteiger partial charge in [0.05, 0.1) is 16.6 Å². The number of piperazine rings is 1. The van der Waals surface area contributed by atoms with Gasteiger partial charge in [0.25, 0.3) is 0 Å². The summed E-state index contributed by atoms with van der Waals surface area (Å²) in [5.74, 6) is 2.87. The Morgan fingerprint density at radius 1 is 1.07 bits per heavy atom. The normalized spacial score (nSPS) is 26.7. The highest BCUT2D eigenvalue weighted by atomic mass is 19.1. The third-order valence-corrected chi connectivity index (χ3v) is 9.99. The van der Waals surface area contributed by atoms with Gasteiger partial charge in [0.2, 0.25) is 0 Å². The zero-order chi connectivity index (χ0) is 29.3. The average molecular weight is 581 g/mol. The van der Waals surface area contributed by atoms with Crippen molar-refractivity contribution in [2.75, 3.05) is 37.7 Å². The van der Waals surface area contributed by atoms with E-state index in [1.807, 2.05) is 43.3 Å². The van der Waals surface area contributed by atoms with Crippen molar-refractivity contribution in [1.29, 1.82) is 0 Å². The van der Waals surface area contributed by atoms with Gasteiger partial charge in [0.15, 0.2) is 5.82 Å². The molecule has 4 aromatic rings. The highest BCUT2D eigenvalue weighted by molar-refractivity contribution is 6.02. The SMILES string of the molecule is C#Cc1cccc2cccc(-c3nc(C)c4c(N5CC6CCC(C5)N6)nc(OC[C@@]56CCCN5C[C@H](F)C6)nc4c3F)c12. The molecule has 9 heteroatoms. The first-order valence-electron chi connectivity index (χ1n) is 15.3. The fraction of sp³-hybridized carbons (Fsp3) is 0.441. The lowest BCUT2D eigenvalue weighted by atomic mass is 9.95. The van der Waals surface area contributed by atoms with E-state index in [4.69, 9.17) is 26.1 Å². The highest BCUT2D eigenvalue weighted by Crippen LogP contribution is 2.42. The van der Waals surface area contributed by atoms with Crippen molar-refractivity contribution in [3.8, 4) is 29.6 Å². The molecule has 1 N–H and O–H groups in total. The summed E-state index contributed by atoms with van der Waals surface area (Å²) in [4.78, 5) is 18.9. The first-order chi connectivity index (χ1) is 20.9. The molecular formula is C34H34F2N6O. The number of nitrogens with zero attached hydrogens (tertiary/aromatic N) is 5. The van der Waals surface area contributed by atoms with Crippen molar-refractivity contribution < 1.29 is 13.5 Å². The lowest BCUT2D eigenvalue weighted by Gasteiger charge is -2.35. The quantitative estimate of drug-likeness (QED) is 0.327. The lowest BCUT2D eigenvalue weighted by Crippen LogP contribution is -2.51. The molecule has 4 saturated heterocycles. The van der Waals surface area contributed by atoms with Crippen LogP contribution in [0.4, 0.5) is 14.6 Å². The van der Waals surface area contributed by atoms with Crippen LogP contribution in [-0.4, -0.2) is 76.4 Å². The van der Waals surface area contributed by atoms with Crippen LogP contribution in [0.25, 0.3) is 32.9 Å². The van der Waals surface area contributed by atoms with Gasteiger partial charge in [-0.25, -0.2) is 13.8 Å². The largest absolute Gasteiger partial charge is 0.461 e. The van der Waals surface area contributed by atoms with Crippen LogP contribution in [0.5, 0.6) is 6.01 Å². The first kappa shape index (κ1) is 26.7. The van der Waals surface area contributed by atoms with Crippen molar-refractivity contribution in [2.45, 2.75) is 62.8 Å². The monoisotopic (exact) mass is 580 g/mol. The van der Waals surface area contributed by atoms with Crippen LogP contribution in [0, 0.1) is 25.1 Å². The number of fused-ring (bicyclic) bond motifs is 5. The van der Waals surface area contributed by atoms with Gasteiger partial charge in [-0.2, -0.15) is 9.97 Å². The minimum atomic E-state index is -0.865. The molecular weight excluding hydrogens is 546 g/mol. The Bertz CT molecular complexity index is 1790. The Kier molecular flexibility index (Phi) is 6.28. The van der Waals surface area contributed by atoms with Crippen LogP contribution < -0.4 is 15.0 Å². The van der Waals surface area contributed by atoms with Gasteiger partial charge in [-0.3, -0.25) is 4.90 Å². The average Bonchev–Trinajstić information content (AvgIpc) is 3.67. The van der Waals surface area contributed by atoms with E-state index < -0.39 is 12.0 Å². The topological polar surface area (TPSA) is 66.4 Å². The van der Waals surface area contributed by atoms with E-state index in [1.165, 1.54) is 0 Å². The number of anilines is 1. The summed E-state index contributed by atoms with van der Waals surface area (Å²) >= 11 is 0. The highest BCUT2D eigenvalue weighted by Gasteiger charge is 2.49. The molecule has 0 radical (unpaired) electrons. The fourth-order valence-corrected chi connectivity index (χ4v) is 8.05. The molecule has 0 spiro atoms. The van der Waals surface area contributed by atoms with Gasteiger partial charge in [0.1, 0.15) is 29.8 Å². The molecule has 7 nitrogen and oxygen atoms in total. The van der Waals surface area contributed by atoms with Gasteiger partial charge in [0, 0.05) is 54.7 Å². The van der Waals surface area contributed by atoms with E-state index in [2.05, 4.69) is 21.0 Å². The number of alkyl halides is 1. The Hall–Kier alpha value is -3.87. The Morgan fingerprint density at radius 3 is 2.65 bits per heavy atom. The maximum Gasteiger partial charge on any atom is 0.319 e. The van der Waals surface area contributed by atoms with Gasteiger partial charge >= 0.3 is 6.01 Å². The molecule has 220 valence electrons. The molecule has 4 atom stereocenters. The standard InChI is InChI=1S/C34H34F2N6O/c1-3-21-7-4-8-22-9-5-10-26(28(21)22)30-29(36)31-27(20(2)37-30)32(41-17-24-11-12-25(18-41)38-24)40-33(39-31)43-19-34-13-6-14-42(34)16-23(35)15-34/h1,4-5,7-10,23-25,38H,6,11-19H2,2H3/t23-,24?,25?,34+/m1/s1. The number of ether oxygens (including phenoxy) is 1. The summed E-state index contributed by atoms with van der Waals surface area (Å²) in [5.41, 5.74) is 1.96. The Labute approximate surface area is 249 Å². The number of halogens is 2. The fourth-order valence-electron chi connectivity index (χ4n) is 8.05. The van der Waals surface area contributed by atoms with Crippen LogP contribution in [0.15, 0.2) is 36.4 Å². The summed E-state index contributed by atoms with van der Waals surface area (Å²) < 4.78 is 37.6. The van der Waals surface area contributed by atoms with E-state index in [-0.39, 0.29) is 29.4 Å². The summed E-state index contributed by atoms with van der Waals surface area (Å²) in [6.07, 6.45) is 9.52. The zero-order valence-corrected chi connectivity index (χ0v) is 24.2. The third kappa shape index (κ3) is 4.34. The van der Waals surface area contributed by atoms with Crippen LogP contribution in [0.3, 0.4) is 0 Å². The molecule has 4 aliphatic heterocycles. The van der Waals surface area contributed by atoms with E-state index in [9.17, 15) is 4.39 Å². The smallest absolute Gasteiger partial charge is 0.319 e. The molecule has 8 rings (SSSR count). The minimum absolute atomic E-state index is 0.120. The van der Waals surface area contributed by atoms with Crippen LogP contribution in [-0.2, 0) is 0 Å². The lowest BCUT2D eigenvalue weighted by molar-refractivity contribution is 0.107. The van der Waals surface area contributed by atoms with Gasteiger partial charge in [-0.1, -0.05) is 36.3 Å². The predicted octanol–water partition coefficient (Wildman–Crippen LogP) is 5.17. The number of pyridine rings is 1. The Morgan fingerprint density at radius 2 is 1.86 bits per heavy atom. The number of benzene rings is 2. The summed E-state index contributed by atoms with van der Waals surface area (Å²) in [5, 5.41) is 5.96. The van der Waals surface area contributed by atoms with E-state index in [1.54, 1.807) is 0 Å². The van der Waals surface area contributed by atoms with Crippen LogP contribution >= 0.6 is 0 Å².